The van der Waals surface area contributed by atoms with E-state index in [0.717, 1.165) is 26.2 Å². The van der Waals surface area contributed by atoms with Gasteiger partial charge in [0.1, 0.15) is 0 Å². The lowest BCUT2D eigenvalue weighted by atomic mass is 10.1. The van der Waals surface area contributed by atoms with Crippen LogP contribution < -0.4 is 10.6 Å². The number of hydrogen-bond donors (Lipinski definition) is 1. The van der Waals surface area contributed by atoms with E-state index >= 15 is 0 Å². The molecule has 0 spiro atoms. The molecule has 4 heteroatoms. The molecule has 1 heterocycles. The number of para-hydroxylation sites is 2. The van der Waals surface area contributed by atoms with Crippen molar-refractivity contribution in [1.29, 1.82) is 0 Å². The Balaban J connectivity index is 1.68. The number of aryl methyl sites for hydroxylation is 1. The first-order valence-corrected chi connectivity index (χ1v) is 7.61. The van der Waals surface area contributed by atoms with Gasteiger partial charge in [0.05, 0.1) is 5.56 Å². The number of carbonyl (C=O) groups is 1. The van der Waals surface area contributed by atoms with Crippen molar-refractivity contribution in [2.45, 2.75) is 6.92 Å². The molecule has 4 nitrogen and oxygen atoms in total. The molecule has 22 heavy (non-hydrogen) atoms. The molecule has 1 fully saturated rings. The lowest BCUT2D eigenvalue weighted by Crippen LogP contribution is -2.49. The molecule has 0 aromatic heterocycles. The number of carbonyl (C=O) groups excluding carboxylic acids is 1. The first-order valence-electron chi connectivity index (χ1n) is 7.61. The van der Waals surface area contributed by atoms with Crippen LogP contribution in [-0.4, -0.2) is 37.0 Å². The van der Waals surface area contributed by atoms with Crippen molar-refractivity contribution in [3.63, 3.8) is 0 Å². The Labute approximate surface area is 131 Å². The van der Waals surface area contributed by atoms with E-state index in [9.17, 15) is 4.79 Å². The number of nitrogen functional groups attached to an aromatic ring is 1. The zero-order valence-corrected chi connectivity index (χ0v) is 12.8. The number of nitrogens with two attached hydrogens (primary N) is 1. The quantitative estimate of drug-likeness (QED) is 0.866. The Morgan fingerprint density at radius 3 is 2.27 bits per heavy atom. The Hall–Kier alpha value is -2.49. The molecule has 1 aliphatic rings. The predicted molar refractivity (Wildman–Crippen MR) is 90.1 cm³/mol. The Morgan fingerprint density at radius 1 is 0.955 bits per heavy atom. The molecule has 0 radical (unpaired) electrons. The summed E-state index contributed by atoms with van der Waals surface area (Å²) >= 11 is 0. The highest BCUT2D eigenvalue weighted by Gasteiger charge is 2.23. The molecule has 3 rings (SSSR count). The molecule has 1 amide bonds. The minimum atomic E-state index is 0.0301. The molecule has 1 aliphatic heterocycles. The fourth-order valence-electron chi connectivity index (χ4n) is 2.93. The summed E-state index contributed by atoms with van der Waals surface area (Å²) in [5, 5.41) is 0. The first-order chi connectivity index (χ1) is 10.7. The summed E-state index contributed by atoms with van der Waals surface area (Å²) in [4.78, 5) is 16.8. The van der Waals surface area contributed by atoms with E-state index in [2.05, 4.69) is 36.1 Å². The summed E-state index contributed by atoms with van der Waals surface area (Å²) in [6.45, 7) is 5.27. The van der Waals surface area contributed by atoms with Crippen molar-refractivity contribution in [3.05, 3.63) is 59.7 Å². The largest absolute Gasteiger partial charge is 0.398 e. The summed E-state index contributed by atoms with van der Waals surface area (Å²) in [6.07, 6.45) is 0. The maximum atomic E-state index is 12.6. The van der Waals surface area contributed by atoms with Crippen molar-refractivity contribution < 1.29 is 4.79 Å². The second kappa shape index (κ2) is 6.10. The van der Waals surface area contributed by atoms with Crippen LogP contribution in [0.5, 0.6) is 0 Å². The van der Waals surface area contributed by atoms with Gasteiger partial charge in [-0.2, -0.15) is 0 Å². The number of piperazine rings is 1. The standard InChI is InChI=1S/C18H21N3O/c1-14-6-2-5-9-17(14)20-10-12-21(13-11-20)18(22)15-7-3-4-8-16(15)19/h2-9H,10-13,19H2,1H3. The Morgan fingerprint density at radius 2 is 1.59 bits per heavy atom. The van der Waals surface area contributed by atoms with Gasteiger partial charge in [-0.1, -0.05) is 30.3 Å². The maximum Gasteiger partial charge on any atom is 0.256 e. The molecule has 0 unspecified atom stereocenters. The van der Waals surface area contributed by atoms with Crippen LogP contribution in [0.2, 0.25) is 0 Å². The highest BCUT2D eigenvalue weighted by atomic mass is 16.2. The van der Waals surface area contributed by atoms with Gasteiger partial charge in [0.15, 0.2) is 0 Å². The molecule has 2 N–H and O–H groups in total. The number of hydrogen-bond acceptors (Lipinski definition) is 3. The zero-order valence-electron chi connectivity index (χ0n) is 12.8. The molecule has 0 bridgehead atoms. The van der Waals surface area contributed by atoms with Crippen molar-refractivity contribution in [3.8, 4) is 0 Å². The van der Waals surface area contributed by atoms with E-state index in [1.165, 1.54) is 11.3 Å². The van der Waals surface area contributed by atoms with Crippen LogP contribution in [-0.2, 0) is 0 Å². The third-order valence-corrected chi connectivity index (χ3v) is 4.21. The molecule has 1 saturated heterocycles. The average Bonchev–Trinajstić information content (AvgIpc) is 2.55. The van der Waals surface area contributed by atoms with Gasteiger partial charge in [-0.25, -0.2) is 0 Å². The fourth-order valence-corrected chi connectivity index (χ4v) is 2.93. The van der Waals surface area contributed by atoms with E-state index in [4.69, 9.17) is 5.73 Å². The molecular formula is C18H21N3O. The van der Waals surface area contributed by atoms with Crippen molar-refractivity contribution in [2.75, 3.05) is 36.8 Å². The van der Waals surface area contributed by atoms with E-state index in [0.29, 0.717) is 11.3 Å². The second-order valence-electron chi connectivity index (χ2n) is 5.65. The number of rotatable bonds is 2. The monoisotopic (exact) mass is 295 g/mol. The normalized spacial score (nSPS) is 15.0. The summed E-state index contributed by atoms with van der Waals surface area (Å²) in [5.41, 5.74) is 9.59. The second-order valence-corrected chi connectivity index (χ2v) is 5.65. The van der Waals surface area contributed by atoms with E-state index in [-0.39, 0.29) is 5.91 Å². The van der Waals surface area contributed by atoms with Crippen LogP contribution in [0, 0.1) is 6.92 Å². The third kappa shape index (κ3) is 2.77. The van der Waals surface area contributed by atoms with Gasteiger partial charge < -0.3 is 15.5 Å². The third-order valence-electron chi connectivity index (χ3n) is 4.21. The van der Waals surface area contributed by atoms with Gasteiger partial charge in [-0.3, -0.25) is 4.79 Å². The SMILES string of the molecule is Cc1ccccc1N1CCN(C(=O)c2ccccc2N)CC1. The molecule has 2 aromatic carbocycles. The van der Waals surface area contributed by atoms with Gasteiger partial charge in [0.2, 0.25) is 0 Å². The van der Waals surface area contributed by atoms with Crippen LogP contribution in [0.15, 0.2) is 48.5 Å². The summed E-state index contributed by atoms with van der Waals surface area (Å²) in [5.74, 6) is 0.0301. The van der Waals surface area contributed by atoms with Crippen LogP contribution >= 0.6 is 0 Å². The number of benzene rings is 2. The average molecular weight is 295 g/mol. The zero-order chi connectivity index (χ0) is 15.5. The minimum Gasteiger partial charge on any atom is -0.398 e. The molecule has 2 aromatic rings. The predicted octanol–water partition coefficient (Wildman–Crippen LogP) is 2.54. The summed E-state index contributed by atoms with van der Waals surface area (Å²) in [6, 6.07) is 15.7. The van der Waals surface area contributed by atoms with E-state index < -0.39 is 0 Å². The summed E-state index contributed by atoms with van der Waals surface area (Å²) < 4.78 is 0. The highest BCUT2D eigenvalue weighted by molar-refractivity contribution is 5.99. The van der Waals surface area contributed by atoms with Gasteiger partial charge in [0, 0.05) is 37.6 Å². The highest BCUT2D eigenvalue weighted by Crippen LogP contribution is 2.22. The Kier molecular flexibility index (Phi) is 4.00. The molecule has 114 valence electrons. The lowest BCUT2D eigenvalue weighted by Gasteiger charge is -2.37. The number of anilines is 2. The van der Waals surface area contributed by atoms with Gasteiger partial charge in [0.25, 0.3) is 5.91 Å². The topological polar surface area (TPSA) is 49.6 Å². The molecule has 0 aliphatic carbocycles. The molecule has 0 atom stereocenters. The van der Waals surface area contributed by atoms with Crippen molar-refractivity contribution >= 4 is 17.3 Å². The van der Waals surface area contributed by atoms with Crippen LogP contribution in [0.25, 0.3) is 0 Å². The summed E-state index contributed by atoms with van der Waals surface area (Å²) in [7, 11) is 0. The van der Waals surface area contributed by atoms with Crippen molar-refractivity contribution in [1.82, 2.24) is 4.90 Å². The Bertz CT molecular complexity index is 676. The molecule has 0 saturated carbocycles. The molecular weight excluding hydrogens is 274 g/mol. The van der Waals surface area contributed by atoms with Gasteiger partial charge in [-0.15, -0.1) is 0 Å². The minimum absolute atomic E-state index is 0.0301. The van der Waals surface area contributed by atoms with Crippen molar-refractivity contribution in [2.24, 2.45) is 0 Å². The fraction of sp³-hybridized carbons (Fsp3) is 0.278. The van der Waals surface area contributed by atoms with E-state index in [1.807, 2.05) is 17.0 Å². The number of amides is 1. The van der Waals surface area contributed by atoms with Crippen LogP contribution in [0.4, 0.5) is 11.4 Å². The smallest absolute Gasteiger partial charge is 0.256 e. The first kappa shape index (κ1) is 14.4. The number of nitrogens with zero attached hydrogens (tertiary/aromatic N) is 2. The van der Waals surface area contributed by atoms with Gasteiger partial charge in [-0.05, 0) is 30.7 Å². The van der Waals surface area contributed by atoms with Gasteiger partial charge >= 0.3 is 0 Å². The van der Waals surface area contributed by atoms with Crippen LogP contribution in [0.3, 0.4) is 0 Å². The maximum absolute atomic E-state index is 12.6. The van der Waals surface area contributed by atoms with E-state index in [1.54, 1.807) is 12.1 Å². The van der Waals surface area contributed by atoms with Crippen LogP contribution in [0.1, 0.15) is 15.9 Å². The lowest BCUT2D eigenvalue weighted by molar-refractivity contribution is 0.0748.